The van der Waals surface area contributed by atoms with Crippen molar-refractivity contribution in [2.45, 2.75) is 6.92 Å². The molecule has 2 aromatic carbocycles. The zero-order valence-corrected chi connectivity index (χ0v) is 12.2. The van der Waals surface area contributed by atoms with E-state index in [4.69, 9.17) is 0 Å². The first-order valence-corrected chi connectivity index (χ1v) is 7.33. The summed E-state index contributed by atoms with van der Waals surface area (Å²) in [5.74, 6) is -0.928. The number of nitrogens with zero attached hydrogens (tertiary/aromatic N) is 1. The van der Waals surface area contributed by atoms with Gasteiger partial charge in [0.1, 0.15) is 4.88 Å². The maximum atomic E-state index is 11.3. The highest BCUT2D eigenvalue weighted by atomic mass is 32.1. The molecule has 0 amide bonds. The van der Waals surface area contributed by atoms with Crippen LogP contribution in [0.3, 0.4) is 0 Å². The van der Waals surface area contributed by atoms with Crippen LogP contribution in [0, 0.1) is 6.92 Å². The monoisotopic (exact) mass is 295 g/mol. The summed E-state index contributed by atoms with van der Waals surface area (Å²) in [4.78, 5) is 15.9. The predicted molar refractivity (Wildman–Crippen MR) is 84.7 cm³/mol. The molecule has 104 valence electrons. The Morgan fingerprint density at radius 2 is 1.52 bits per heavy atom. The van der Waals surface area contributed by atoms with Gasteiger partial charge in [0.2, 0.25) is 0 Å². The summed E-state index contributed by atoms with van der Waals surface area (Å²) in [5, 5.41) is 10.0. The summed E-state index contributed by atoms with van der Waals surface area (Å²) in [6.07, 6.45) is 0. The molecule has 0 saturated heterocycles. The maximum Gasteiger partial charge on any atom is 0.348 e. The molecule has 1 heterocycles. The van der Waals surface area contributed by atoms with Gasteiger partial charge in [-0.25, -0.2) is 9.78 Å². The lowest BCUT2D eigenvalue weighted by molar-refractivity contribution is 0.0702. The summed E-state index contributed by atoms with van der Waals surface area (Å²) in [7, 11) is 0. The van der Waals surface area contributed by atoms with Crippen LogP contribution in [-0.2, 0) is 0 Å². The topological polar surface area (TPSA) is 50.2 Å². The number of aromatic nitrogens is 1. The van der Waals surface area contributed by atoms with Gasteiger partial charge in [-0.1, -0.05) is 54.6 Å². The first-order chi connectivity index (χ1) is 10.1. The van der Waals surface area contributed by atoms with Crippen LogP contribution in [0.4, 0.5) is 0 Å². The largest absolute Gasteiger partial charge is 0.477 e. The van der Waals surface area contributed by atoms with E-state index in [1.807, 2.05) is 61.5 Å². The molecule has 0 bridgehead atoms. The summed E-state index contributed by atoms with van der Waals surface area (Å²) in [6, 6.07) is 17.9. The minimum Gasteiger partial charge on any atom is -0.477 e. The Morgan fingerprint density at radius 3 is 2.14 bits per heavy atom. The van der Waals surface area contributed by atoms with Crippen molar-refractivity contribution in [2.75, 3.05) is 0 Å². The zero-order valence-electron chi connectivity index (χ0n) is 11.4. The number of thiazole rings is 1. The quantitative estimate of drug-likeness (QED) is 0.775. The average Bonchev–Trinajstić information content (AvgIpc) is 2.91. The Kier molecular flexibility index (Phi) is 3.54. The lowest BCUT2D eigenvalue weighted by Gasteiger charge is -2.03. The molecule has 0 aliphatic heterocycles. The van der Waals surface area contributed by atoms with Crippen LogP contribution in [-0.4, -0.2) is 16.1 Å². The Bertz CT molecular complexity index is 776. The van der Waals surface area contributed by atoms with E-state index in [9.17, 15) is 9.90 Å². The predicted octanol–water partition coefficient (Wildman–Crippen LogP) is 4.48. The van der Waals surface area contributed by atoms with E-state index in [0.717, 1.165) is 21.7 Å². The second-order valence-electron chi connectivity index (χ2n) is 4.66. The second-order valence-corrected chi connectivity index (χ2v) is 5.86. The van der Waals surface area contributed by atoms with Crippen LogP contribution in [0.1, 0.15) is 14.7 Å². The summed E-state index contributed by atoms with van der Waals surface area (Å²) >= 11 is 1.21. The van der Waals surface area contributed by atoms with Crippen LogP contribution in [0.15, 0.2) is 54.6 Å². The number of carboxylic acid groups (broad SMARTS) is 1. The molecule has 0 unspecified atom stereocenters. The molecule has 0 radical (unpaired) electrons. The molecule has 0 aliphatic rings. The van der Waals surface area contributed by atoms with E-state index < -0.39 is 5.97 Å². The van der Waals surface area contributed by atoms with Gasteiger partial charge >= 0.3 is 5.97 Å². The fourth-order valence-electron chi connectivity index (χ4n) is 2.22. The SMILES string of the molecule is Cc1nc(-c2ccc(-c3ccccc3)cc2)c(C(=O)O)s1. The molecule has 21 heavy (non-hydrogen) atoms. The molecule has 1 N–H and O–H groups in total. The van der Waals surface area contributed by atoms with Gasteiger partial charge in [-0.3, -0.25) is 0 Å². The molecule has 3 rings (SSSR count). The number of rotatable bonds is 3. The normalized spacial score (nSPS) is 10.5. The van der Waals surface area contributed by atoms with Gasteiger partial charge in [-0.05, 0) is 18.1 Å². The number of carboxylic acids is 1. The molecule has 0 atom stereocenters. The number of hydrogen-bond donors (Lipinski definition) is 1. The first kappa shape index (κ1) is 13.5. The molecule has 4 heteroatoms. The fourth-order valence-corrected chi connectivity index (χ4v) is 3.00. The minimum absolute atomic E-state index is 0.292. The third kappa shape index (κ3) is 2.71. The van der Waals surface area contributed by atoms with Gasteiger partial charge in [0.15, 0.2) is 0 Å². The summed E-state index contributed by atoms with van der Waals surface area (Å²) in [6.45, 7) is 1.82. The molecular formula is C17H13NO2S. The van der Waals surface area contributed by atoms with Crippen LogP contribution >= 0.6 is 11.3 Å². The number of aryl methyl sites for hydroxylation is 1. The molecule has 1 aromatic heterocycles. The van der Waals surface area contributed by atoms with Crippen molar-refractivity contribution in [1.82, 2.24) is 4.98 Å². The van der Waals surface area contributed by atoms with E-state index >= 15 is 0 Å². The van der Waals surface area contributed by atoms with Crippen LogP contribution in [0.25, 0.3) is 22.4 Å². The molecule has 0 aliphatic carbocycles. The highest BCUT2D eigenvalue weighted by molar-refractivity contribution is 7.14. The van der Waals surface area contributed by atoms with Gasteiger partial charge in [0, 0.05) is 5.56 Å². The molecule has 3 aromatic rings. The Balaban J connectivity index is 2.00. The zero-order chi connectivity index (χ0) is 14.8. The number of carbonyl (C=O) groups is 1. The second kappa shape index (κ2) is 5.50. The first-order valence-electron chi connectivity index (χ1n) is 6.52. The Morgan fingerprint density at radius 1 is 0.952 bits per heavy atom. The van der Waals surface area contributed by atoms with Crippen LogP contribution in [0.2, 0.25) is 0 Å². The van der Waals surface area contributed by atoms with Crippen molar-refractivity contribution in [3.8, 4) is 22.4 Å². The van der Waals surface area contributed by atoms with Gasteiger partial charge in [-0.2, -0.15) is 0 Å². The number of hydrogen-bond acceptors (Lipinski definition) is 3. The van der Waals surface area contributed by atoms with Crippen LogP contribution in [0.5, 0.6) is 0 Å². The number of benzene rings is 2. The highest BCUT2D eigenvalue weighted by Crippen LogP contribution is 2.29. The Hall–Kier alpha value is -2.46. The Labute approximate surface area is 126 Å². The van der Waals surface area contributed by atoms with E-state index in [1.165, 1.54) is 11.3 Å². The van der Waals surface area contributed by atoms with Gasteiger partial charge in [-0.15, -0.1) is 11.3 Å². The summed E-state index contributed by atoms with van der Waals surface area (Å²) in [5.41, 5.74) is 3.61. The maximum absolute atomic E-state index is 11.3. The van der Waals surface area contributed by atoms with E-state index in [0.29, 0.717) is 10.6 Å². The number of aromatic carboxylic acids is 1. The van der Waals surface area contributed by atoms with Crippen molar-refractivity contribution >= 4 is 17.3 Å². The van der Waals surface area contributed by atoms with Crippen molar-refractivity contribution in [3.05, 3.63) is 64.5 Å². The van der Waals surface area contributed by atoms with Crippen LogP contribution < -0.4 is 0 Å². The smallest absolute Gasteiger partial charge is 0.348 e. The molecular weight excluding hydrogens is 282 g/mol. The lowest BCUT2D eigenvalue weighted by atomic mass is 10.0. The highest BCUT2D eigenvalue weighted by Gasteiger charge is 2.17. The fraction of sp³-hybridized carbons (Fsp3) is 0.0588. The van der Waals surface area contributed by atoms with Gasteiger partial charge < -0.3 is 5.11 Å². The lowest BCUT2D eigenvalue weighted by Crippen LogP contribution is -1.95. The van der Waals surface area contributed by atoms with Gasteiger partial charge in [0.25, 0.3) is 0 Å². The third-order valence-electron chi connectivity index (χ3n) is 3.19. The van der Waals surface area contributed by atoms with E-state index in [-0.39, 0.29) is 0 Å². The van der Waals surface area contributed by atoms with E-state index in [1.54, 1.807) is 0 Å². The van der Waals surface area contributed by atoms with Crippen molar-refractivity contribution in [3.63, 3.8) is 0 Å². The summed E-state index contributed by atoms with van der Waals surface area (Å²) < 4.78 is 0. The molecule has 0 saturated carbocycles. The van der Waals surface area contributed by atoms with Gasteiger partial charge in [0.05, 0.1) is 10.7 Å². The van der Waals surface area contributed by atoms with Crippen molar-refractivity contribution in [2.24, 2.45) is 0 Å². The average molecular weight is 295 g/mol. The molecule has 3 nitrogen and oxygen atoms in total. The van der Waals surface area contributed by atoms with Crippen molar-refractivity contribution in [1.29, 1.82) is 0 Å². The minimum atomic E-state index is -0.928. The van der Waals surface area contributed by atoms with E-state index in [2.05, 4.69) is 4.98 Å². The third-order valence-corrected chi connectivity index (χ3v) is 4.15. The van der Waals surface area contributed by atoms with Crippen molar-refractivity contribution < 1.29 is 9.90 Å². The standard InChI is InChI=1S/C17H13NO2S/c1-11-18-15(16(21-11)17(19)20)14-9-7-13(8-10-14)12-5-3-2-4-6-12/h2-10H,1H3,(H,19,20). The molecule has 0 fully saturated rings. The molecule has 0 spiro atoms.